The maximum Gasteiger partial charge on any atom is 0.244 e. The van der Waals surface area contributed by atoms with Gasteiger partial charge in [0, 0.05) is 32.6 Å². The molecule has 2 heterocycles. The third-order valence-corrected chi connectivity index (χ3v) is 6.01. The monoisotopic (exact) mass is 371 g/mol. The third-order valence-electron chi connectivity index (χ3n) is 6.01. The second-order valence-corrected chi connectivity index (χ2v) is 8.32. The standard InChI is InChI=1S/C22H33N3O2/c1-17-6-4-7-19(16-17)21(23(2)3)22(27)25-14-10-18(11-15-25)9-13-24-12-5-8-20(24)26/h4,6-7,16,18,21H,5,8-15H2,1-3H3/t21-/m1/s1. The Morgan fingerprint density at radius 1 is 1.22 bits per heavy atom. The summed E-state index contributed by atoms with van der Waals surface area (Å²) in [6, 6.07) is 8.04. The number of carbonyl (C=O) groups excluding carboxylic acids is 2. The summed E-state index contributed by atoms with van der Waals surface area (Å²) in [5.41, 5.74) is 2.25. The van der Waals surface area contributed by atoms with Gasteiger partial charge < -0.3 is 9.80 Å². The Labute approximate surface area is 163 Å². The summed E-state index contributed by atoms with van der Waals surface area (Å²) in [6.07, 6.45) is 4.89. The van der Waals surface area contributed by atoms with Crippen molar-refractivity contribution in [2.75, 3.05) is 40.3 Å². The molecule has 0 aliphatic carbocycles. The van der Waals surface area contributed by atoms with Gasteiger partial charge in [0.1, 0.15) is 6.04 Å². The van der Waals surface area contributed by atoms with Gasteiger partial charge in [0.25, 0.3) is 0 Å². The first-order chi connectivity index (χ1) is 13.0. The summed E-state index contributed by atoms with van der Waals surface area (Å²) < 4.78 is 0. The van der Waals surface area contributed by atoms with Crippen molar-refractivity contribution in [3.05, 3.63) is 35.4 Å². The van der Waals surface area contributed by atoms with Gasteiger partial charge in [-0.25, -0.2) is 0 Å². The highest BCUT2D eigenvalue weighted by Crippen LogP contribution is 2.27. The second-order valence-electron chi connectivity index (χ2n) is 8.32. The molecule has 1 aromatic rings. The molecule has 0 N–H and O–H groups in total. The van der Waals surface area contributed by atoms with Crippen LogP contribution in [-0.4, -0.2) is 66.8 Å². The predicted octanol–water partition coefficient (Wildman–Crippen LogP) is 2.85. The molecule has 0 bridgehead atoms. The Bertz CT molecular complexity index is 665. The number of hydrogen-bond donors (Lipinski definition) is 0. The first-order valence-corrected chi connectivity index (χ1v) is 10.3. The Morgan fingerprint density at radius 3 is 2.56 bits per heavy atom. The number of nitrogens with zero attached hydrogens (tertiary/aromatic N) is 3. The van der Waals surface area contributed by atoms with Crippen molar-refractivity contribution >= 4 is 11.8 Å². The summed E-state index contributed by atoms with van der Waals surface area (Å²) in [5.74, 6) is 1.15. The van der Waals surface area contributed by atoms with Crippen LogP contribution in [0.4, 0.5) is 0 Å². The van der Waals surface area contributed by atoms with E-state index in [1.165, 1.54) is 5.56 Å². The van der Waals surface area contributed by atoms with Crippen LogP contribution in [0.2, 0.25) is 0 Å². The van der Waals surface area contributed by atoms with E-state index in [0.717, 1.165) is 63.8 Å². The quantitative estimate of drug-likeness (QED) is 0.772. The summed E-state index contributed by atoms with van der Waals surface area (Å²) in [5, 5.41) is 0. The molecule has 0 aromatic heterocycles. The molecule has 0 spiro atoms. The molecule has 5 nitrogen and oxygen atoms in total. The maximum atomic E-state index is 13.2. The minimum absolute atomic E-state index is 0.207. The lowest BCUT2D eigenvalue weighted by Gasteiger charge is -2.36. The lowest BCUT2D eigenvalue weighted by Crippen LogP contribution is -2.44. The number of rotatable bonds is 6. The van der Waals surface area contributed by atoms with E-state index < -0.39 is 0 Å². The molecule has 0 unspecified atom stereocenters. The van der Waals surface area contributed by atoms with Crippen molar-refractivity contribution in [2.45, 2.75) is 45.1 Å². The van der Waals surface area contributed by atoms with E-state index in [9.17, 15) is 9.59 Å². The normalized spacial score (nSPS) is 19.8. The zero-order valence-corrected chi connectivity index (χ0v) is 17.0. The minimum atomic E-state index is -0.219. The first kappa shape index (κ1) is 19.9. The van der Waals surface area contributed by atoms with Gasteiger partial charge in [-0.05, 0) is 58.2 Å². The van der Waals surface area contributed by atoms with Crippen molar-refractivity contribution in [2.24, 2.45) is 5.92 Å². The van der Waals surface area contributed by atoms with Gasteiger partial charge in [-0.3, -0.25) is 14.5 Å². The number of piperidine rings is 1. The van der Waals surface area contributed by atoms with Crippen molar-refractivity contribution in [1.82, 2.24) is 14.7 Å². The van der Waals surface area contributed by atoms with Gasteiger partial charge in [-0.2, -0.15) is 0 Å². The summed E-state index contributed by atoms with van der Waals surface area (Å²) >= 11 is 0. The molecule has 1 aromatic carbocycles. The molecule has 0 radical (unpaired) electrons. The van der Waals surface area contributed by atoms with Crippen LogP contribution >= 0.6 is 0 Å². The number of amides is 2. The lowest BCUT2D eigenvalue weighted by atomic mass is 9.92. The van der Waals surface area contributed by atoms with E-state index in [4.69, 9.17) is 0 Å². The Morgan fingerprint density at radius 2 is 1.96 bits per heavy atom. The van der Waals surface area contributed by atoms with Gasteiger partial charge in [0.15, 0.2) is 0 Å². The molecule has 5 heteroatoms. The Balaban J connectivity index is 1.54. The third kappa shape index (κ3) is 4.89. The van der Waals surface area contributed by atoms with Gasteiger partial charge >= 0.3 is 0 Å². The van der Waals surface area contributed by atoms with E-state index in [0.29, 0.717) is 11.8 Å². The number of hydrogen-bond acceptors (Lipinski definition) is 3. The van der Waals surface area contributed by atoms with Crippen LogP contribution in [0.5, 0.6) is 0 Å². The van der Waals surface area contributed by atoms with E-state index in [-0.39, 0.29) is 11.9 Å². The van der Waals surface area contributed by atoms with E-state index in [2.05, 4.69) is 25.1 Å². The highest BCUT2D eigenvalue weighted by molar-refractivity contribution is 5.83. The maximum absolute atomic E-state index is 13.2. The molecule has 148 valence electrons. The van der Waals surface area contributed by atoms with Gasteiger partial charge in [0.05, 0.1) is 0 Å². The van der Waals surface area contributed by atoms with E-state index in [1.807, 2.05) is 34.9 Å². The molecular weight excluding hydrogens is 338 g/mol. The van der Waals surface area contributed by atoms with Crippen molar-refractivity contribution in [1.29, 1.82) is 0 Å². The first-order valence-electron chi connectivity index (χ1n) is 10.3. The molecule has 3 rings (SSSR count). The smallest absolute Gasteiger partial charge is 0.244 e. The topological polar surface area (TPSA) is 43.9 Å². The largest absolute Gasteiger partial charge is 0.343 e. The molecular formula is C22H33N3O2. The SMILES string of the molecule is Cc1cccc([C@H](C(=O)N2CCC(CCN3CCCC3=O)CC2)N(C)C)c1. The van der Waals surface area contributed by atoms with Crippen LogP contribution in [0.1, 0.15) is 49.3 Å². The number of carbonyl (C=O) groups is 2. The van der Waals surface area contributed by atoms with Crippen molar-refractivity contribution in [3.8, 4) is 0 Å². The molecule has 2 fully saturated rings. The fourth-order valence-corrected chi connectivity index (χ4v) is 4.40. The van der Waals surface area contributed by atoms with Crippen LogP contribution in [0.25, 0.3) is 0 Å². The molecule has 0 saturated carbocycles. The van der Waals surface area contributed by atoms with Crippen LogP contribution < -0.4 is 0 Å². The Kier molecular flexibility index (Phi) is 6.53. The fraction of sp³-hybridized carbons (Fsp3) is 0.636. The highest BCUT2D eigenvalue weighted by Gasteiger charge is 2.31. The number of likely N-dealkylation sites (N-methyl/N-ethyl adjacent to an activating group) is 1. The molecule has 2 amide bonds. The van der Waals surface area contributed by atoms with Gasteiger partial charge in [-0.1, -0.05) is 29.8 Å². The lowest BCUT2D eigenvalue weighted by molar-refractivity contribution is -0.137. The summed E-state index contributed by atoms with van der Waals surface area (Å²) in [7, 11) is 3.95. The summed E-state index contributed by atoms with van der Waals surface area (Å²) in [4.78, 5) is 31.0. The van der Waals surface area contributed by atoms with Crippen LogP contribution in [-0.2, 0) is 9.59 Å². The average molecular weight is 372 g/mol. The van der Waals surface area contributed by atoms with E-state index >= 15 is 0 Å². The van der Waals surface area contributed by atoms with Crippen LogP contribution in [0, 0.1) is 12.8 Å². The number of aryl methyl sites for hydroxylation is 1. The van der Waals surface area contributed by atoms with Crippen LogP contribution in [0.15, 0.2) is 24.3 Å². The molecule has 2 aliphatic rings. The van der Waals surface area contributed by atoms with Crippen molar-refractivity contribution < 1.29 is 9.59 Å². The number of likely N-dealkylation sites (tertiary alicyclic amines) is 2. The summed E-state index contributed by atoms with van der Waals surface area (Å²) in [6.45, 7) is 5.54. The molecule has 27 heavy (non-hydrogen) atoms. The molecule has 2 aliphatic heterocycles. The highest BCUT2D eigenvalue weighted by atomic mass is 16.2. The number of benzene rings is 1. The fourth-order valence-electron chi connectivity index (χ4n) is 4.40. The molecule has 2 saturated heterocycles. The zero-order chi connectivity index (χ0) is 19.4. The van der Waals surface area contributed by atoms with Crippen molar-refractivity contribution in [3.63, 3.8) is 0 Å². The van der Waals surface area contributed by atoms with Crippen LogP contribution in [0.3, 0.4) is 0 Å². The van der Waals surface area contributed by atoms with Gasteiger partial charge in [0.2, 0.25) is 11.8 Å². The average Bonchev–Trinajstić information content (AvgIpc) is 3.05. The Hall–Kier alpha value is -1.88. The predicted molar refractivity (Wildman–Crippen MR) is 107 cm³/mol. The van der Waals surface area contributed by atoms with Gasteiger partial charge in [-0.15, -0.1) is 0 Å². The molecule has 1 atom stereocenters. The zero-order valence-electron chi connectivity index (χ0n) is 17.0. The second kappa shape index (κ2) is 8.87. The minimum Gasteiger partial charge on any atom is -0.343 e. The van der Waals surface area contributed by atoms with E-state index in [1.54, 1.807) is 0 Å².